The van der Waals surface area contributed by atoms with E-state index in [9.17, 15) is 80.1 Å². The van der Waals surface area contributed by atoms with Crippen LogP contribution in [0.1, 0.15) is 184 Å². The Labute approximate surface area is 740 Å². The Hall–Kier alpha value is -9.89. The molecule has 23 N–H and O–H groups in total. The van der Waals surface area contributed by atoms with Crippen LogP contribution in [-0.4, -0.2) is 245 Å². The van der Waals surface area contributed by atoms with Gasteiger partial charge in [-0.05, 0) is 130 Å². The van der Waals surface area contributed by atoms with E-state index in [-0.39, 0.29) is 55.0 Å². The molecule has 13 rings (SSSR count). The quantitative estimate of drug-likeness (QED) is 0.0318. The molecule has 0 saturated carbocycles. The molecule has 5 aromatic rings. The summed E-state index contributed by atoms with van der Waals surface area (Å²) in [6, 6.07) is -0.438. The van der Waals surface area contributed by atoms with Crippen LogP contribution in [0.4, 0.5) is 0 Å². The lowest BCUT2D eigenvalue weighted by Crippen LogP contribution is -2.66. The molecule has 0 aromatic heterocycles. The summed E-state index contributed by atoms with van der Waals surface area (Å²) >= 11 is 14.6. The van der Waals surface area contributed by atoms with Crippen LogP contribution in [0.5, 0.6) is 46.0 Å². The van der Waals surface area contributed by atoms with E-state index in [0.29, 0.717) is 6.42 Å². The minimum atomic E-state index is -2.35. The van der Waals surface area contributed by atoms with E-state index < -0.39 is 284 Å². The van der Waals surface area contributed by atoms with Crippen molar-refractivity contribution in [2.75, 3.05) is 26.8 Å². The second kappa shape index (κ2) is 42.1. The van der Waals surface area contributed by atoms with Crippen molar-refractivity contribution in [3.05, 3.63) is 117 Å². The van der Waals surface area contributed by atoms with Crippen molar-refractivity contribution in [1.29, 1.82) is 0 Å². The van der Waals surface area contributed by atoms with E-state index in [2.05, 4.69) is 49.5 Å². The summed E-state index contributed by atoms with van der Waals surface area (Å²) in [6.07, 6.45) is -17.6. The van der Waals surface area contributed by atoms with Gasteiger partial charge in [-0.15, -0.1) is 0 Å². The fourth-order valence-electron chi connectivity index (χ4n) is 16.4. The Morgan fingerprint density at radius 3 is 1.87 bits per heavy atom. The molecular weight excluding hydrogens is 1710 g/mol. The summed E-state index contributed by atoms with van der Waals surface area (Å²) in [5.74, 6) is -17.6. The molecule has 41 heteroatoms. The molecule has 3 fully saturated rings. The molecule has 3 saturated heterocycles. The highest BCUT2D eigenvalue weighted by Crippen LogP contribution is 2.51. The van der Waals surface area contributed by atoms with Crippen LogP contribution >= 0.6 is 23.2 Å². The number of carboxylic acids is 2. The van der Waals surface area contributed by atoms with Gasteiger partial charge in [-0.2, -0.15) is 0 Å². The molecule has 8 heterocycles. The van der Waals surface area contributed by atoms with Gasteiger partial charge >= 0.3 is 11.9 Å². The number of halogens is 2. The van der Waals surface area contributed by atoms with Crippen LogP contribution < -0.4 is 68.2 Å². The summed E-state index contributed by atoms with van der Waals surface area (Å²) < 4.78 is 58.5. The number of aromatic hydroxyl groups is 3. The van der Waals surface area contributed by atoms with Gasteiger partial charge in [0.15, 0.2) is 42.3 Å². The highest BCUT2D eigenvalue weighted by molar-refractivity contribution is 6.32. The lowest BCUT2D eigenvalue weighted by molar-refractivity contribution is -0.334. The molecule has 7 amide bonds. The zero-order chi connectivity index (χ0) is 92.5. The molecule has 694 valence electrons. The summed E-state index contributed by atoms with van der Waals surface area (Å²) in [5, 5.41) is 147. The molecule has 19 unspecified atom stereocenters. The number of nitrogens with two attached hydrogens (primary N) is 2. The number of aliphatic hydroxyl groups excluding tert-OH is 6. The maximum Gasteiger partial charge on any atom is 0.334 e. The number of fused-ring (bicyclic) bond motifs is 16. The van der Waals surface area contributed by atoms with Crippen LogP contribution in [0, 0.1) is 5.92 Å². The van der Waals surface area contributed by atoms with Gasteiger partial charge in [0.1, 0.15) is 89.5 Å². The summed E-state index contributed by atoms with van der Waals surface area (Å²) in [7, 11) is 1.47. The molecule has 0 aliphatic carbocycles. The molecule has 5 aromatic carbocycles. The Morgan fingerprint density at radius 2 is 1.27 bits per heavy atom. The predicted molar refractivity (Wildman–Crippen MR) is 450 cm³/mol. The van der Waals surface area contributed by atoms with Crippen molar-refractivity contribution in [1.82, 2.24) is 42.5 Å². The lowest BCUT2D eigenvalue weighted by atomic mass is 9.84. The molecule has 8 aliphatic rings. The first-order chi connectivity index (χ1) is 60.1. The molecule has 127 heavy (non-hydrogen) atoms. The average molecular weight is 1820 g/mol. The van der Waals surface area contributed by atoms with Crippen LogP contribution in [0.15, 0.2) is 78.9 Å². The van der Waals surface area contributed by atoms with Gasteiger partial charge in [-0.1, -0.05) is 107 Å². The zero-order valence-corrected chi connectivity index (χ0v) is 72.5. The number of nitrogens with one attached hydrogen (secondary N) is 8. The third kappa shape index (κ3) is 23.0. The number of likely N-dealkylation sites (N-methyl/N-ethyl adjacent to an activating group) is 1. The molecule has 0 spiro atoms. The summed E-state index contributed by atoms with van der Waals surface area (Å²) in [5.41, 5.74) is 6.81. The first-order valence-corrected chi connectivity index (χ1v) is 42.7. The van der Waals surface area contributed by atoms with Gasteiger partial charge in [0.25, 0.3) is 0 Å². The Bertz CT molecular complexity index is 4840. The van der Waals surface area contributed by atoms with E-state index in [1.54, 1.807) is 6.92 Å². The highest BCUT2D eigenvalue weighted by atomic mass is 35.5. The number of carbonyl (C=O) groups is 9. The van der Waals surface area contributed by atoms with Crippen molar-refractivity contribution in [3.8, 4) is 57.1 Å². The number of aliphatic carboxylic acids is 2. The minimum absolute atomic E-state index is 0.113. The third-order valence-corrected chi connectivity index (χ3v) is 24.0. The molecular formula is C86H112Cl2N10O29. The normalized spacial score (nSPS) is 29.8. The van der Waals surface area contributed by atoms with E-state index in [1.165, 1.54) is 52.1 Å². The summed E-state index contributed by atoms with van der Waals surface area (Å²) in [4.78, 5) is 133. The third-order valence-electron chi connectivity index (χ3n) is 23.4. The number of carbonyl (C=O) groups excluding carboxylic acids is 7. The number of phenolic OH excluding ortho intramolecular Hbond substituents is 3. The number of hydrogen-bond acceptors (Lipinski definition) is 30. The standard InChI is InChI=1S/C86H112Cl2N10O29/c1-9-10-11-12-13-14-15-16-23-119-57(82(115)116)35-92-86(7)34-61(121-39(5)75(86)108)126-73-70(106)69(105)58(36-99)124-84(73)127-72-55-28-43-29-56(72)123-54-22-19-42(27-48(54)88)71(125-60-33-85(6,90)74(107)38(4)120-60)67-81(114)96-65(83(117)118)46-30-44(100)31-52(102)62(46)45-25-40(17-20-51(45)101)63(78(111)98-67)95-79(112)64(43)94-59(103)32-49(76(89)109)93-80(113)66(97-77(110)50(91-8)24-37(2)3)68(104)41-18-21-53(122-55)47(87)26-41/h17-22,25-31,37-39,49-50,57-58,60-61,63-71,73-75,84,91-92,99-102,104-108H,9-16,23-24,32-36,90H2,1-8H3,(H2,89,109)(H,93,113)(H,94,103)(H,95,112)(H,96,114)(H,97,110)(H,98,111)(H,115,116)(H,117,118)/t38?,39?,49?,50-,57?,58?,60?,61?,63?,64?,65?,66+,67+,68?,69?,70?,71-,73?,74?,75?,84?,85?,86?/m1/s1. The maximum absolute atomic E-state index is 16.4. The van der Waals surface area contributed by atoms with Crippen molar-refractivity contribution in [2.45, 2.75) is 265 Å². The van der Waals surface area contributed by atoms with E-state index in [1.807, 2.05) is 13.8 Å². The highest BCUT2D eigenvalue weighted by Gasteiger charge is 2.53. The summed E-state index contributed by atoms with van der Waals surface area (Å²) in [6.45, 7) is 10.5. The largest absolute Gasteiger partial charge is 0.508 e. The van der Waals surface area contributed by atoms with Gasteiger partial charge in [0, 0.05) is 59.8 Å². The van der Waals surface area contributed by atoms with Crippen LogP contribution in [0.3, 0.4) is 0 Å². The van der Waals surface area contributed by atoms with Crippen LogP contribution in [-0.2, 0) is 71.6 Å². The maximum atomic E-state index is 16.4. The topological polar surface area (TPSA) is 608 Å². The molecule has 8 aliphatic heterocycles. The monoisotopic (exact) mass is 1820 g/mol. The van der Waals surface area contributed by atoms with Crippen molar-refractivity contribution >= 4 is 76.5 Å². The molecule has 23 atom stereocenters. The number of carboxylic acid groups (broad SMARTS) is 2. The number of benzene rings is 5. The van der Waals surface area contributed by atoms with Crippen LogP contribution in [0.25, 0.3) is 11.1 Å². The van der Waals surface area contributed by atoms with Gasteiger partial charge < -0.3 is 153 Å². The van der Waals surface area contributed by atoms with Crippen LogP contribution in [0.2, 0.25) is 10.0 Å². The Balaban J connectivity index is 1.12. The van der Waals surface area contributed by atoms with Crippen molar-refractivity contribution in [3.63, 3.8) is 0 Å². The van der Waals surface area contributed by atoms with E-state index in [4.69, 9.17) is 77.3 Å². The van der Waals surface area contributed by atoms with Gasteiger partial charge in [0.2, 0.25) is 53.4 Å². The molecule has 0 radical (unpaired) electrons. The number of ether oxygens (including phenoxy) is 9. The first kappa shape index (κ1) is 97.7. The number of amides is 7. The zero-order valence-electron chi connectivity index (χ0n) is 71.0. The number of primary amides is 1. The fourth-order valence-corrected chi connectivity index (χ4v) is 16.8. The predicted octanol–water partition coefficient (Wildman–Crippen LogP) is 3.59. The number of hydrogen-bond donors (Lipinski definition) is 21. The second-order valence-corrected chi connectivity index (χ2v) is 34.5. The number of unbranched alkanes of at least 4 members (excludes halogenated alkanes) is 7. The Kier molecular flexibility index (Phi) is 32.4. The average Bonchev–Trinajstić information content (AvgIpc) is 1.04. The molecule has 11 bridgehead atoms. The second-order valence-electron chi connectivity index (χ2n) is 33.7. The van der Waals surface area contributed by atoms with Crippen molar-refractivity contribution < 1.29 is 142 Å². The van der Waals surface area contributed by atoms with Gasteiger partial charge in [0.05, 0.1) is 53.5 Å². The van der Waals surface area contributed by atoms with Crippen molar-refractivity contribution in [2.24, 2.45) is 17.4 Å². The Morgan fingerprint density at radius 1 is 0.661 bits per heavy atom. The molecule has 39 nitrogen and oxygen atoms in total. The SMILES string of the molecule is CCCCCCCCCCOC(CNC1(C)CC(OC2C(Oc3c4cc5cc3Oc3ccc(cc3Cl)[C@@H](OC3CC(C)(N)C(O)C(C)O3)[C@@H]3NC(=O)C(NC(=O)C5NC(=O)CC(C(N)=O)NC(=O)[C@@H](NC(=O)[C@@H](CC(C)C)NC)C(O)c5ccc(c(Cl)c5)O4)c4ccc(O)c(c4)-c4c(O)cc(O)cc4C(C(=O)O)NC3=O)OC(CO)C(O)C2O)OC(C)C1O)C(=O)O. The number of aliphatic hydroxyl groups is 6. The first-order valence-electron chi connectivity index (χ1n) is 42.0. The number of phenols is 3. The van der Waals surface area contributed by atoms with Gasteiger partial charge in [-0.25, -0.2) is 9.59 Å². The minimum Gasteiger partial charge on any atom is -0.508 e. The lowest BCUT2D eigenvalue weighted by Gasteiger charge is -2.48. The van der Waals surface area contributed by atoms with Gasteiger partial charge in [-0.3, -0.25) is 33.6 Å². The fraction of sp³-hybridized carbons (Fsp3) is 0.547. The number of rotatable bonds is 28. The van der Waals surface area contributed by atoms with E-state index >= 15 is 19.2 Å². The van der Waals surface area contributed by atoms with E-state index in [0.717, 1.165) is 99.5 Å². The smallest absolute Gasteiger partial charge is 0.334 e.